The van der Waals surface area contributed by atoms with E-state index in [1.165, 1.54) is 19.2 Å². The van der Waals surface area contributed by atoms with Crippen molar-refractivity contribution >= 4 is 29.2 Å². The summed E-state index contributed by atoms with van der Waals surface area (Å²) in [7, 11) is 1.33. The Hall–Kier alpha value is -5.16. The van der Waals surface area contributed by atoms with Gasteiger partial charge in [-0.25, -0.2) is 4.79 Å². The molecule has 0 bridgehead atoms. The number of benzene rings is 4. The van der Waals surface area contributed by atoms with Gasteiger partial charge in [-0.05, 0) is 72.0 Å². The maximum absolute atomic E-state index is 13.6. The molecule has 1 atom stereocenters. The lowest BCUT2D eigenvalue weighted by Crippen LogP contribution is -2.53. The Labute approximate surface area is 276 Å². The van der Waals surface area contributed by atoms with E-state index < -0.39 is 29.3 Å². The van der Waals surface area contributed by atoms with E-state index in [0.717, 1.165) is 23.4 Å². The zero-order chi connectivity index (χ0) is 33.9. The molecule has 0 aromatic heterocycles. The van der Waals surface area contributed by atoms with Gasteiger partial charge >= 0.3 is 12.1 Å². The number of amides is 2. The first kappa shape index (κ1) is 32.8. The molecule has 11 heteroatoms. The lowest BCUT2D eigenvalue weighted by atomic mass is 9.98. The number of carbonyl (C=O) groups is 3. The summed E-state index contributed by atoms with van der Waals surface area (Å²) in [5.41, 5.74) is 2.06. The van der Waals surface area contributed by atoms with Crippen molar-refractivity contribution in [3.63, 3.8) is 0 Å². The van der Waals surface area contributed by atoms with Gasteiger partial charge in [-0.1, -0.05) is 60.7 Å². The minimum atomic E-state index is -4.44. The fourth-order valence-electron chi connectivity index (χ4n) is 6.13. The van der Waals surface area contributed by atoms with Crippen molar-refractivity contribution in [2.75, 3.05) is 43.5 Å². The van der Waals surface area contributed by atoms with E-state index in [-0.39, 0.29) is 11.8 Å². The van der Waals surface area contributed by atoms with Crippen molar-refractivity contribution in [2.24, 2.45) is 0 Å². The summed E-state index contributed by atoms with van der Waals surface area (Å²) in [6.45, 7) is 2.53. The van der Waals surface area contributed by atoms with Crippen molar-refractivity contribution in [2.45, 2.75) is 30.6 Å². The lowest BCUT2D eigenvalue weighted by Gasteiger charge is -2.40. The van der Waals surface area contributed by atoms with E-state index in [1.807, 2.05) is 54.6 Å². The topological polar surface area (TPSA) is 91.0 Å². The lowest BCUT2D eigenvalue weighted by molar-refractivity contribution is -0.147. The summed E-state index contributed by atoms with van der Waals surface area (Å²) in [4.78, 5) is 43.5. The molecule has 48 heavy (non-hydrogen) atoms. The molecule has 4 aromatic carbocycles. The van der Waals surface area contributed by atoms with Crippen LogP contribution in [0, 0.1) is 0 Å². The van der Waals surface area contributed by atoms with Gasteiger partial charge in [-0.15, -0.1) is 0 Å². The van der Waals surface area contributed by atoms with Crippen LogP contribution in [-0.2, 0) is 20.5 Å². The fraction of sp³-hybridized carbons (Fsp3) is 0.270. The summed E-state index contributed by atoms with van der Waals surface area (Å²) >= 11 is 0. The molecule has 8 nitrogen and oxygen atoms in total. The molecule has 4 aromatic rings. The van der Waals surface area contributed by atoms with Gasteiger partial charge < -0.3 is 20.3 Å². The molecule has 0 spiro atoms. The molecular weight excluding hydrogens is 621 g/mol. The Balaban J connectivity index is 1.10. The summed E-state index contributed by atoms with van der Waals surface area (Å²) in [6.07, 6.45) is -3.33. The number of halogens is 3. The third-order valence-corrected chi connectivity index (χ3v) is 8.92. The van der Waals surface area contributed by atoms with Crippen LogP contribution in [0.4, 0.5) is 24.5 Å². The van der Waals surface area contributed by atoms with Gasteiger partial charge in [0.25, 0.3) is 5.91 Å². The largest absolute Gasteiger partial charge is 0.467 e. The van der Waals surface area contributed by atoms with Gasteiger partial charge in [0, 0.05) is 43.1 Å². The van der Waals surface area contributed by atoms with Crippen molar-refractivity contribution in [1.29, 1.82) is 0 Å². The maximum atomic E-state index is 13.6. The second kappa shape index (κ2) is 13.5. The molecule has 2 aliphatic rings. The first-order valence-corrected chi connectivity index (χ1v) is 15.7. The van der Waals surface area contributed by atoms with Crippen LogP contribution in [-0.4, -0.2) is 61.5 Å². The zero-order valence-corrected chi connectivity index (χ0v) is 26.3. The number of ether oxygens (including phenoxy) is 1. The van der Waals surface area contributed by atoms with Crippen molar-refractivity contribution in [1.82, 2.24) is 10.2 Å². The van der Waals surface area contributed by atoms with Crippen LogP contribution in [0.1, 0.15) is 40.4 Å². The average molecular weight is 657 g/mol. The molecule has 1 aliphatic carbocycles. The van der Waals surface area contributed by atoms with E-state index in [0.29, 0.717) is 61.4 Å². The highest BCUT2D eigenvalue weighted by Crippen LogP contribution is 2.38. The normalized spacial score (nSPS) is 16.5. The number of carbonyl (C=O) groups excluding carboxylic acids is 3. The third-order valence-electron chi connectivity index (χ3n) is 8.92. The highest BCUT2D eigenvalue weighted by molar-refractivity contribution is 6.08. The Bertz CT molecular complexity index is 1770. The predicted molar refractivity (Wildman–Crippen MR) is 176 cm³/mol. The number of hydrogen-bond acceptors (Lipinski definition) is 6. The van der Waals surface area contributed by atoms with E-state index in [2.05, 4.69) is 20.4 Å². The van der Waals surface area contributed by atoms with Gasteiger partial charge in [0.05, 0.1) is 12.7 Å². The number of piperazine rings is 1. The number of rotatable bonds is 9. The van der Waals surface area contributed by atoms with Crippen LogP contribution in [0.3, 0.4) is 0 Å². The summed E-state index contributed by atoms with van der Waals surface area (Å²) in [5, 5.41) is 5.87. The third kappa shape index (κ3) is 7.06. The Kier molecular flexibility index (Phi) is 9.23. The van der Waals surface area contributed by atoms with Gasteiger partial charge in [-0.3, -0.25) is 14.5 Å². The second-order valence-corrected chi connectivity index (χ2v) is 12.0. The van der Waals surface area contributed by atoms with Crippen molar-refractivity contribution in [3.8, 4) is 11.1 Å². The Morgan fingerprint density at radius 3 is 2.02 bits per heavy atom. The number of nitrogens with zero attached hydrogens (tertiary/aromatic N) is 2. The number of nitrogens with one attached hydrogen (secondary N) is 2. The van der Waals surface area contributed by atoms with E-state index >= 15 is 0 Å². The van der Waals surface area contributed by atoms with E-state index in [9.17, 15) is 27.6 Å². The SMILES string of the molecule is COC(=O)C1(NC(=O)C(c2ccccc2)N2CCN(c3ccc(NC(=O)c4ccccc4-c4ccc(C(F)(F)F)cc4)cc3)CC2)CC1. The smallest absolute Gasteiger partial charge is 0.416 e. The monoisotopic (exact) mass is 656 g/mol. The van der Waals surface area contributed by atoms with Crippen LogP contribution in [0.25, 0.3) is 11.1 Å². The molecule has 1 unspecified atom stereocenters. The molecule has 1 heterocycles. The number of methoxy groups -OCH3 is 1. The molecule has 2 fully saturated rings. The minimum Gasteiger partial charge on any atom is -0.467 e. The van der Waals surface area contributed by atoms with E-state index in [4.69, 9.17) is 4.74 Å². The summed E-state index contributed by atoms with van der Waals surface area (Å²) in [5.74, 6) is -1.02. The minimum absolute atomic E-state index is 0.225. The highest BCUT2D eigenvalue weighted by Gasteiger charge is 2.53. The average Bonchev–Trinajstić information content (AvgIpc) is 3.89. The quantitative estimate of drug-likeness (QED) is 0.205. The second-order valence-electron chi connectivity index (χ2n) is 12.0. The predicted octanol–water partition coefficient (Wildman–Crippen LogP) is 6.31. The Morgan fingerprint density at radius 2 is 1.42 bits per heavy atom. The van der Waals surface area contributed by atoms with Gasteiger partial charge in [-0.2, -0.15) is 13.2 Å². The standard InChI is InChI=1S/C37H35F3N4O4/c1-48-35(47)36(19-20-36)42-34(46)32(26-7-3-2-4-8-26)44-23-21-43(22-24-44)29-17-15-28(16-18-29)41-33(45)31-10-6-5-9-30(31)25-11-13-27(14-12-25)37(38,39)40/h2-18,32H,19-24H2,1H3,(H,41,45)(H,42,46). The number of hydrogen-bond donors (Lipinski definition) is 2. The molecule has 1 saturated carbocycles. The van der Waals surface area contributed by atoms with Gasteiger partial charge in [0.1, 0.15) is 11.6 Å². The summed E-state index contributed by atoms with van der Waals surface area (Å²) in [6, 6.07) is 28.0. The number of anilines is 2. The van der Waals surface area contributed by atoms with Crippen molar-refractivity contribution < 1.29 is 32.3 Å². The number of esters is 1. The zero-order valence-electron chi connectivity index (χ0n) is 26.3. The Morgan fingerprint density at radius 1 is 0.792 bits per heavy atom. The van der Waals surface area contributed by atoms with Gasteiger partial charge in [0.15, 0.2) is 0 Å². The molecule has 2 N–H and O–H groups in total. The van der Waals surface area contributed by atoms with Crippen LogP contribution < -0.4 is 15.5 Å². The molecule has 2 amide bonds. The highest BCUT2D eigenvalue weighted by atomic mass is 19.4. The van der Waals surface area contributed by atoms with E-state index in [1.54, 1.807) is 24.3 Å². The van der Waals surface area contributed by atoms with Crippen LogP contribution in [0.15, 0.2) is 103 Å². The molecular formula is C37H35F3N4O4. The van der Waals surface area contributed by atoms with Gasteiger partial charge in [0.2, 0.25) is 5.91 Å². The first-order chi connectivity index (χ1) is 23.1. The first-order valence-electron chi connectivity index (χ1n) is 15.7. The molecule has 0 radical (unpaired) electrons. The van der Waals surface area contributed by atoms with Crippen molar-refractivity contribution in [3.05, 3.63) is 120 Å². The van der Waals surface area contributed by atoms with Crippen LogP contribution >= 0.6 is 0 Å². The van der Waals surface area contributed by atoms with Crippen LogP contribution in [0.5, 0.6) is 0 Å². The number of alkyl halides is 3. The fourth-order valence-corrected chi connectivity index (χ4v) is 6.13. The van der Waals surface area contributed by atoms with Crippen LogP contribution in [0.2, 0.25) is 0 Å². The molecule has 1 saturated heterocycles. The molecule has 6 rings (SSSR count). The summed E-state index contributed by atoms with van der Waals surface area (Å²) < 4.78 is 44.1. The molecule has 248 valence electrons. The molecule has 1 aliphatic heterocycles. The maximum Gasteiger partial charge on any atom is 0.416 e.